The largest absolute Gasteiger partial charge is 0.416 e. The molecule has 1 unspecified atom stereocenters. The zero-order valence-electron chi connectivity index (χ0n) is 25.6. The van der Waals surface area contributed by atoms with Crippen LogP contribution in [0.2, 0.25) is 0 Å². The van der Waals surface area contributed by atoms with Gasteiger partial charge >= 0.3 is 6.09 Å². The minimum atomic E-state index is -0.372. The van der Waals surface area contributed by atoms with Crippen molar-refractivity contribution in [3.63, 3.8) is 0 Å². The van der Waals surface area contributed by atoms with Crippen molar-refractivity contribution in [3.05, 3.63) is 89.6 Å². The van der Waals surface area contributed by atoms with E-state index >= 15 is 0 Å². The van der Waals surface area contributed by atoms with Gasteiger partial charge in [0.25, 0.3) is 5.91 Å². The number of likely N-dealkylation sites (tertiary alicyclic amines) is 2. The maximum Gasteiger partial charge on any atom is 0.416 e. The summed E-state index contributed by atoms with van der Waals surface area (Å²) < 4.78 is 5.53. The summed E-state index contributed by atoms with van der Waals surface area (Å²) >= 11 is 0. The fraction of sp³-hybridized carbons (Fsp3) is 0.457. The van der Waals surface area contributed by atoms with Crippen molar-refractivity contribution in [1.29, 1.82) is 0 Å². The van der Waals surface area contributed by atoms with Gasteiger partial charge in [0.2, 0.25) is 5.88 Å². The second-order valence-electron chi connectivity index (χ2n) is 12.3. The number of anilines is 1. The predicted molar refractivity (Wildman–Crippen MR) is 170 cm³/mol. The number of aromatic nitrogens is 1. The SMILES string of the molecule is CC1CCCN(Cc2ccc(C(=O)Nc3ccc(OC(=O)N4CCC(CCN(C)Cc5ccccc5)CC4)nc3)cc2)C1. The lowest BCUT2D eigenvalue weighted by molar-refractivity contribution is 0.102. The van der Waals surface area contributed by atoms with Gasteiger partial charge in [-0.25, -0.2) is 9.78 Å². The Bertz CT molecular complexity index is 1310. The average Bonchev–Trinajstić information content (AvgIpc) is 3.02. The first-order chi connectivity index (χ1) is 20.9. The monoisotopic (exact) mass is 583 g/mol. The Kier molecular flexibility index (Phi) is 10.8. The lowest BCUT2D eigenvalue weighted by atomic mass is 9.93. The summed E-state index contributed by atoms with van der Waals surface area (Å²) in [7, 11) is 2.16. The van der Waals surface area contributed by atoms with Crippen LogP contribution in [0.5, 0.6) is 5.88 Å². The Labute approximate surface area is 256 Å². The van der Waals surface area contributed by atoms with Crippen LogP contribution < -0.4 is 10.1 Å². The average molecular weight is 584 g/mol. The summed E-state index contributed by atoms with van der Waals surface area (Å²) in [6, 6.07) is 21.7. The van der Waals surface area contributed by atoms with Crippen molar-refractivity contribution in [2.75, 3.05) is 45.1 Å². The summed E-state index contributed by atoms with van der Waals surface area (Å²) in [4.78, 5) is 36.4. The standard InChI is InChI=1S/C35H45N5O3/c1-27-7-6-19-39(24-27)26-30-10-12-31(13-11-30)34(41)37-32-14-15-33(36-23-32)43-35(42)40-21-17-28(18-22-40)16-20-38(2)25-29-8-4-3-5-9-29/h3-5,8-15,23,27-28H,6-7,16-22,24-26H2,1-2H3,(H,37,41). The number of pyridine rings is 1. The van der Waals surface area contributed by atoms with E-state index < -0.39 is 0 Å². The summed E-state index contributed by atoms with van der Waals surface area (Å²) in [5.41, 5.74) is 3.69. The van der Waals surface area contributed by atoms with Crippen molar-refractivity contribution in [3.8, 4) is 5.88 Å². The molecule has 2 amide bonds. The molecule has 2 saturated heterocycles. The molecule has 0 aliphatic carbocycles. The molecule has 0 saturated carbocycles. The molecule has 0 spiro atoms. The fourth-order valence-electron chi connectivity index (χ4n) is 6.10. The molecule has 3 aromatic rings. The van der Waals surface area contributed by atoms with E-state index in [1.807, 2.05) is 30.3 Å². The van der Waals surface area contributed by atoms with Crippen LogP contribution >= 0.6 is 0 Å². The van der Waals surface area contributed by atoms with Crippen LogP contribution in [0.3, 0.4) is 0 Å². The smallest absolute Gasteiger partial charge is 0.391 e. The summed E-state index contributed by atoms with van der Waals surface area (Å²) in [5.74, 6) is 1.38. The zero-order valence-corrected chi connectivity index (χ0v) is 25.6. The third-order valence-electron chi connectivity index (χ3n) is 8.64. The Morgan fingerprint density at radius 2 is 1.72 bits per heavy atom. The summed E-state index contributed by atoms with van der Waals surface area (Å²) in [5, 5.41) is 2.88. The highest BCUT2D eigenvalue weighted by Crippen LogP contribution is 2.23. The summed E-state index contributed by atoms with van der Waals surface area (Å²) in [6.45, 7) is 8.87. The quantitative estimate of drug-likeness (QED) is 0.302. The number of carbonyl (C=O) groups is 2. The van der Waals surface area contributed by atoms with E-state index in [-0.39, 0.29) is 17.9 Å². The van der Waals surface area contributed by atoms with Crippen molar-refractivity contribution in [1.82, 2.24) is 19.7 Å². The number of ether oxygens (including phenoxy) is 1. The molecule has 1 aromatic heterocycles. The minimum absolute atomic E-state index is 0.196. The molecular weight excluding hydrogens is 538 g/mol. The van der Waals surface area contributed by atoms with Crippen molar-refractivity contribution < 1.29 is 14.3 Å². The lowest BCUT2D eigenvalue weighted by Gasteiger charge is -2.32. The van der Waals surface area contributed by atoms with Crippen molar-refractivity contribution >= 4 is 17.7 Å². The predicted octanol–water partition coefficient (Wildman–Crippen LogP) is 6.30. The topological polar surface area (TPSA) is 78.0 Å². The number of amides is 2. The molecule has 8 heteroatoms. The molecule has 3 heterocycles. The maximum atomic E-state index is 12.8. The van der Waals surface area contributed by atoms with E-state index in [0.29, 0.717) is 30.3 Å². The van der Waals surface area contributed by atoms with Crippen LogP contribution in [-0.2, 0) is 13.1 Å². The molecule has 8 nitrogen and oxygen atoms in total. The van der Waals surface area contributed by atoms with E-state index in [1.165, 1.54) is 30.2 Å². The number of hydrogen-bond donors (Lipinski definition) is 1. The molecule has 43 heavy (non-hydrogen) atoms. The van der Waals surface area contributed by atoms with Crippen molar-refractivity contribution in [2.24, 2.45) is 11.8 Å². The first kappa shape index (κ1) is 30.7. The summed E-state index contributed by atoms with van der Waals surface area (Å²) in [6.07, 6.45) is 6.79. The number of carbonyl (C=O) groups excluding carboxylic acids is 2. The molecule has 1 N–H and O–H groups in total. The van der Waals surface area contributed by atoms with Gasteiger partial charge < -0.3 is 19.9 Å². The Morgan fingerprint density at radius 1 is 0.953 bits per heavy atom. The Balaban J connectivity index is 1.01. The molecule has 2 aromatic carbocycles. The van der Waals surface area contributed by atoms with E-state index in [0.717, 1.165) is 57.9 Å². The van der Waals surface area contributed by atoms with Gasteiger partial charge in [-0.05, 0) is 93.4 Å². The Morgan fingerprint density at radius 3 is 2.42 bits per heavy atom. The van der Waals surface area contributed by atoms with E-state index in [9.17, 15) is 9.59 Å². The molecular formula is C35H45N5O3. The van der Waals surface area contributed by atoms with E-state index in [4.69, 9.17) is 4.74 Å². The number of nitrogens with zero attached hydrogens (tertiary/aromatic N) is 4. The van der Waals surface area contributed by atoms with E-state index in [1.54, 1.807) is 17.0 Å². The molecule has 2 fully saturated rings. The second kappa shape index (κ2) is 15.1. The number of piperidine rings is 2. The minimum Gasteiger partial charge on any atom is -0.391 e. The van der Waals surface area contributed by atoms with Crippen molar-refractivity contribution in [2.45, 2.75) is 52.1 Å². The maximum absolute atomic E-state index is 12.8. The van der Waals surface area contributed by atoms with Gasteiger partial charge in [0.15, 0.2) is 0 Å². The highest BCUT2D eigenvalue weighted by atomic mass is 16.6. The Hall–Kier alpha value is -3.75. The third kappa shape index (κ3) is 9.37. The molecule has 0 radical (unpaired) electrons. The van der Waals surface area contributed by atoms with Crippen LogP contribution in [0.25, 0.3) is 0 Å². The van der Waals surface area contributed by atoms with Gasteiger partial charge in [-0.2, -0.15) is 0 Å². The number of hydrogen-bond acceptors (Lipinski definition) is 6. The number of nitrogens with one attached hydrogen (secondary N) is 1. The van der Waals surface area contributed by atoms with Gasteiger partial charge in [0.1, 0.15) is 0 Å². The fourth-order valence-corrected chi connectivity index (χ4v) is 6.10. The van der Waals surface area contributed by atoms with Gasteiger partial charge in [0, 0.05) is 44.4 Å². The van der Waals surface area contributed by atoms with Gasteiger partial charge in [0.05, 0.1) is 11.9 Å². The van der Waals surface area contributed by atoms with Gasteiger partial charge in [-0.15, -0.1) is 0 Å². The normalized spacial score (nSPS) is 18.0. The van der Waals surface area contributed by atoms with Crippen LogP contribution in [0.1, 0.15) is 60.5 Å². The first-order valence-corrected chi connectivity index (χ1v) is 15.7. The van der Waals surface area contributed by atoms with Gasteiger partial charge in [-0.1, -0.05) is 49.4 Å². The molecule has 228 valence electrons. The van der Waals surface area contributed by atoms with Crippen LogP contribution in [-0.4, -0.2) is 71.5 Å². The number of benzene rings is 2. The lowest BCUT2D eigenvalue weighted by Crippen LogP contribution is -2.40. The van der Waals surface area contributed by atoms with Crippen LogP contribution in [0, 0.1) is 11.8 Å². The molecule has 1 atom stereocenters. The number of rotatable bonds is 10. The zero-order chi connectivity index (χ0) is 30.0. The third-order valence-corrected chi connectivity index (χ3v) is 8.64. The molecule has 0 bridgehead atoms. The highest BCUT2D eigenvalue weighted by Gasteiger charge is 2.24. The van der Waals surface area contributed by atoms with Crippen LogP contribution in [0.15, 0.2) is 72.9 Å². The van der Waals surface area contributed by atoms with Crippen LogP contribution in [0.4, 0.5) is 10.5 Å². The molecule has 5 rings (SSSR count). The first-order valence-electron chi connectivity index (χ1n) is 15.7. The second-order valence-corrected chi connectivity index (χ2v) is 12.3. The molecule has 2 aliphatic heterocycles. The highest BCUT2D eigenvalue weighted by molar-refractivity contribution is 6.04. The van der Waals surface area contributed by atoms with Gasteiger partial charge in [-0.3, -0.25) is 9.69 Å². The molecule has 2 aliphatic rings. The van der Waals surface area contributed by atoms with E-state index in [2.05, 4.69) is 58.3 Å².